The van der Waals surface area contributed by atoms with Crippen LogP contribution in [0.1, 0.15) is 17.9 Å². The van der Waals surface area contributed by atoms with Crippen molar-refractivity contribution in [3.05, 3.63) is 30.0 Å². The number of aryl methyl sites for hydroxylation is 1. The standard InChI is InChI=1S/C14H18N2O/c1-16-9-13(10-5-6-15-8-10)12-4-3-11(17-2)7-14(12)16/h3-4,7,9-10,15H,5-6,8H2,1-2H3. The van der Waals surface area contributed by atoms with Crippen molar-refractivity contribution >= 4 is 10.9 Å². The maximum atomic E-state index is 5.29. The zero-order valence-corrected chi connectivity index (χ0v) is 10.4. The van der Waals surface area contributed by atoms with E-state index in [0.717, 1.165) is 18.8 Å². The van der Waals surface area contributed by atoms with Gasteiger partial charge in [0.25, 0.3) is 0 Å². The monoisotopic (exact) mass is 230 g/mol. The van der Waals surface area contributed by atoms with Gasteiger partial charge >= 0.3 is 0 Å². The van der Waals surface area contributed by atoms with E-state index in [9.17, 15) is 0 Å². The number of nitrogens with zero attached hydrogens (tertiary/aromatic N) is 1. The summed E-state index contributed by atoms with van der Waals surface area (Å²) >= 11 is 0. The summed E-state index contributed by atoms with van der Waals surface area (Å²) in [5, 5.41) is 4.80. The lowest BCUT2D eigenvalue weighted by molar-refractivity contribution is 0.415. The van der Waals surface area contributed by atoms with E-state index >= 15 is 0 Å². The Labute approximate surface area is 101 Å². The minimum atomic E-state index is 0.659. The number of fused-ring (bicyclic) bond motifs is 1. The van der Waals surface area contributed by atoms with E-state index in [1.54, 1.807) is 7.11 Å². The van der Waals surface area contributed by atoms with Gasteiger partial charge in [0.2, 0.25) is 0 Å². The van der Waals surface area contributed by atoms with Gasteiger partial charge in [0, 0.05) is 31.2 Å². The summed E-state index contributed by atoms with van der Waals surface area (Å²) in [5.74, 6) is 1.59. The third kappa shape index (κ3) is 1.71. The second-order valence-electron chi connectivity index (χ2n) is 4.77. The molecule has 3 nitrogen and oxygen atoms in total. The zero-order valence-electron chi connectivity index (χ0n) is 10.4. The van der Waals surface area contributed by atoms with Crippen molar-refractivity contribution in [2.75, 3.05) is 20.2 Å². The van der Waals surface area contributed by atoms with Gasteiger partial charge in [0.05, 0.1) is 12.6 Å². The summed E-state index contributed by atoms with van der Waals surface area (Å²) < 4.78 is 7.49. The van der Waals surface area contributed by atoms with E-state index in [-0.39, 0.29) is 0 Å². The Balaban J connectivity index is 2.13. The van der Waals surface area contributed by atoms with E-state index in [1.807, 2.05) is 6.07 Å². The molecule has 1 saturated heterocycles. The third-order valence-corrected chi connectivity index (χ3v) is 3.73. The number of rotatable bonds is 2. The van der Waals surface area contributed by atoms with Crippen molar-refractivity contribution in [1.82, 2.24) is 9.88 Å². The van der Waals surface area contributed by atoms with Gasteiger partial charge in [0.15, 0.2) is 0 Å². The third-order valence-electron chi connectivity index (χ3n) is 3.73. The number of aromatic nitrogens is 1. The van der Waals surface area contributed by atoms with Gasteiger partial charge in [-0.3, -0.25) is 0 Å². The fourth-order valence-electron chi connectivity index (χ4n) is 2.77. The van der Waals surface area contributed by atoms with Crippen LogP contribution in [0.25, 0.3) is 10.9 Å². The van der Waals surface area contributed by atoms with Crippen LogP contribution in [0.15, 0.2) is 24.4 Å². The van der Waals surface area contributed by atoms with E-state index in [1.165, 1.54) is 22.9 Å². The molecule has 1 aromatic carbocycles. The van der Waals surface area contributed by atoms with Gasteiger partial charge in [-0.1, -0.05) is 0 Å². The molecule has 1 unspecified atom stereocenters. The smallest absolute Gasteiger partial charge is 0.120 e. The van der Waals surface area contributed by atoms with Crippen LogP contribution in [-0.4, -0.2) is 24.8 Å². The topological polar surface area (TPSA) is 26.2 Å². The molecule has 1 aliphatic heterocycles. The van der Waals surface area contributed by atoms with Crippen molar-refractivity contribution in [3.63, 3.8) is 0 Å². The molecule has 2 aromatic rings. The molecule has 2 heterocycles. The van der Waals surface area contributed by atoms with Crippen LogP contribution in [0.2, 0.25) is 0 Å². The largest absolute Gasteiger partial charge is 0.497 e. The Morgan fingerprint density at radius 1 is 1.41 bits per heavy atom. The minimum Gasteiger partial charge on any atom is -0.497 e. The van der Waals surface area contributed by atoms with Crippen molar-refractivity contribution < 1.29 is 4.74 Å². The van der Waals surface area contributed by atoms with E-state index in [2.05, 4.69) is 35.3 Å². The molecule has 1 aliphatic rings. The first kappa shape index (κ1) is 10.7. The molecule has 90 valence electrons. The van der Waals surface area contributed by atoms with Crippen molar-refractivity contribution in [2.45, 2.75) is 12.3 Å². The summed E-state index contributed by atoms with van der Waals surface area (Å²) in [6, 6.07) is 6.34. The van der Waals surface area contributed by atoms with Gasteiger partial charge < -0.3 is 14.6 Å². The maximum Gasteiger partial charge on any atom is 0.120 e. The van der Waals surface area contributed by atoms with Crippen LogP contribution >= 0.6 is 0 Å². The summed E-state index contributed by atoms with van der Waals surface area (Å²) in [5.41, 5.74) is 2.72. The highest BCUT2D eigenvalue weighted by atomic mass is 16.5. The van der Waals surface area contributed by atoms with Gasteiger partial charge in [-0.2, -0.15) is 0 Å². The van der Waals surface area contributed by atoms with Crippen molar-refractivity contribution in [3.8, 4) is 5.75 Å². The molecule has 1 N–H and O–H groups in total. The highest BCUT2D eigenvalue weighted by molar-refractivity contribution is 5.85. The van der Waals surface area contributed by atoms with Crippen molar-refractivity contribution in [1.29, 1.82) is 0 Å². The first-order valence-electron chi connectivity index (χ1n) is 6.13. The Morgan fingerprint density at radius 3 is 3.00 bits per heavy atom. The molecule has 0 aliphatic carbocycles. The quantitative estimate of drug-likeness (QED) is 0.856. The normalized spacial score (nSPS) is 20.0. The number of ether oxygens (including phenoxy) is 1. The van der Waals surface area contributed by atoms with Crippen molar-refractivity contribution in [2.24, 2.45) is 7.05 Å². The van der Waals surface area contributed by atoms with E-state index in [4.69, 9.17) is 4.74 Å². The summed E-state index contributed by atoms with van der Waals surface area (Å²) in [6.07, 6.45) is 3.51. The lowest BCUT2D eigenvalue weighted by Gasteiger charge is -2.06. The average Bonchev–Trinajstić information content (AvgIpc) is 2.97. The second-order valence-corrected chi connectivity index (χ2v) is 4.77. The zero-order chi connectivity index (χ0) is 11.8. The predicted molar refractivity (Wildman–Crippen MR) is 69.7 cm³/mol. The summed E-state index contributed by atoms with van der Waals surface area (Å²) in [6.45, 7) is 2.24. The van der Waals surface area contributed by atoms with Crippen LogP contribution in [0.5, 0.6) is 5.75 Å². The molecule has 0 bridgehead atoms. The molecule has 0 radical (unpaired) electrons. The highest BCUT2D eigenvalue weighted by Crippen LogP contribution is 2.32. The van der Waals surface area contributed by atoms with Crippen LogP contribution in [0.4, 0.5) is 0 Å². The fourth-order valence-corrected chi connectivity index (χ4v) is 2.77. The van der Waals surface area contributed by atoms with Gasteiger partial charge in [-0.25, -0.2) is 0 Å². The van der Waals surface area contributed by atoms with Gasteiger partial charge in [-0.15, -0.1) is 0 Å². The van der Waals surface area contributed by atoms with Crippen LogP contribution < -0.4 is 10.1 Å². The summed E-state index contributed by atoms with van der Waals surface area (Å²) in [7, 11) is 3.82. The number of methoxy groups -OCH3 is 1. The van der Waals surface area contributed by atoms with Crippen LogP contribution in [-0.2, 0) is 7.05 Å². The molecule has 1 fully saturated rings. The Hall–Kier alpha value is -1.48. The Morgan fingerprint density at radius 2 is 2.29 bits per heavy atom. The SMILES string of the molecule is COc1ccc2c(C3CCNC3)cn(C)c2c1. The lowest BCUT2D eigenvalue weighted by Crippen LogP contribution is -2.07. The van der Waals surface area contributed by atoms with Gasteiger partial charge in [0.1, 0.15) is 5.75 Å². The Kier molecular flexibility index (Phi) is 2.56. The molecule has 0 saturated carbocycles. The predicted octanol–water partition coefficient (Wildman–Crippen LogP) is 2.26. The van der Waals surface area contributed by atoms with Gasteiger partial charge in [-0.05, 0) is 36.6 Å². The molecule has 1 atom stereocenters. The van der Waals surface area contributed by atoms with Crippen LogP contribution in [0.3, 0.4) is 0 Å². The number of hydrogen-bond donors (Lipinski definition) is 1. The molecule has 3 rings (SSSR count). The molecular formula is C14H18N2O. The lowest BCUT2D eigenvalue weighted by atomic mass is 9.98. The molecule has 0 spiro atoms. The maximum absolute atomic E-state index is 5.29. The van der Waals surface area contributed by atoms with Crippen LogP contribution in [0, 0.1) is 0 Å². The second kappa shape index (κ2) is 4.08. The number of benzene rings is 1. The summed E-state index contributed by atoms with van der Waals surface area (Å²) in [4.78, 5) is 0. The molecule has 17 heavy (non-hydrogen) atoms. The molecule has 1 aromatic heterocycles. The first-order valence-corrected chi connectivity index (χ1v) is 6.13. The molecule has 0 amide bonds. The van der Waals surface area contributed by atoms with E-state index in [0.29, 0.717) is 5.92 Å². The molecule has 3 heteroatoms. The first-order chi connectivity index (χ1) is 8.29. The highest BCUT2D eigenvalue weighted by Gasteiger charge is 2.20. The van der Waals surface area contributed by atoms with E-state index < -0.39 is 0 Å². The average molecular weight is 230 g/mol. The molecular weight excluding hydrogens is 212 g/mol. The number of nitrogens with one attached hydrogen (secondary N) is 1. The Bertz CT molecular complexity index is 538. The minimum absolute atomic E-state index is 0.659. The number of hydrogen-bond acceptors (Lipinski definition) is 2. The fraction of sp³-hybridized carbons (Fsp3) is 0.429.